The van der Waals surface area contributed by atoms with Gasteiger partial charge in [-0.3, -0.25) is 9.59 Å². The molecule has 4 aliphatic carbocycles. The van der Waals surface area contributed by atoms with Crippen molar-refractivity contribution in [2.45, 2.75) is 77.4 Å². The second-order valence-corrected chi connectivity index (χ2v) is 11.3. The van der Waals surface area contributed by atoms with E-state index in [0.717, 1.165) is 44.1 Å². The van der Waals surface area contributed by atoms with E-state index in [-0.39, 0.29) is 28.9 Å². The van der Waals surface area contributed by atoms with Crippen molar-refractivity contribution >= 4 is 11.7 Å². The van der Waals surface area contributed by atoms with Crippen LogP contribution in [0.5, 0.6) is 0 Å². The van der Waals surface area contributed by atoms with Crippen LogP contribution in [-0.4, -0.2) is 22.4 Å². The van der Waals surface area contributed by atoms with Crippen LogP contribution < -0.4 is 5.32 Å². The standard InChI is InChI=1S/C27H35NO3/c1-18-22(29)26-14-10-20-24(2,21(26)11-15-27(18,31)17-26)12-7-13-25(20,3)23(30)28-16-19-8-5-4-6-9-19/h4-6,8-9,20-21,31H,1,7,10-17H2,2-3H3,(H,28,30)/t20?,21-,24+,25+,26+,27+/m0/s1. The molecule has 5 rings (SSSR count). The third-order valence-electron chi connectivity index (χ3n) is 9.88. The van der Waals surface area contributed by atoms with Crippen molar-refractivity contribution in [3.05, 3.63) is 48.0 Å². The lowest BCUT2D eigenvalue weighted by Gasteiger charge is -2.63. The normalized spacial score (nSPS) is 43.8. The number of carbonyl (C=O) groups is 2. The predicted molar refractivity (Wildman–Crippen MR) is 120 cm³/mol. The molecule has 1 unspecified atom stereocenters. The summed E-state index contributed by atoms with van der Waals surface area (Å²) in [7, 11) is 0. The van der Waals surface area contributed by atoms with Crippen LogP contribution in [0.2, 0.25) is 0 Å². The van der Waals surface area contributed by atoms with Crippen molar-refractivity contribution in [2.75, 3.05) is 0 Å². The maximum atomic E-state index is 13.5. The molecule has 4 saturated carbocycles. The summed E-state index contributed by atoms with van der Waals surface area (Å²) in [6, 6.07) is 10.1. The highest BCUT2D eigenvalue weighted by Gasteiger charge is 2.70. The smallest absolute Gasteiger partial charge is 0.226 e. The molecule has 1 spiro atoms. The fourth-order valence-electron chi connectivity index (χ4n) is 8.37. The Balaban J connectivity index is 1.43. The van der Waals surface area contributed by atoms with Gasteiger partial charge in [0.25, 0.3) is 0 Å². The Morgan fingerprint density at radius 1 is 1.10 bits per heavy atom. The van der Waals surface area contributed by atoms with Gasteiger partial charge in [0.05, 0.1) is 5.60 Å². The molecule has 31 heavy (non-hydrogen) atoms. The number of hydrogen-bond acceptors (Lipinski definition) is 3. The number of ketones is 1. The van der Waals surface area contributed by atoms with Gasteiger partial charge in [0.1, 0.15) is 0 Å². The Labute approximate surface area is 185 Å². The van der Waals surface area contributed by atoms with Gasteiger partial charge in [-0.1, -0.05) is 57.2 Å². The van der Waals surface area contributed by atoms with Gasteiger partial charge in [-0.25, -0.2) is 0 Å². The molecular weight excluding hydrogens is 386 g/mol. The number of fused-ring (bicyclic) bond motifs is 3. The molecule has 1 aromatic carbocycles. The second kappa shape index (κ2) is 6.78. The Bertz CT molecular complexity index is 941. The van der Waals surface area contributed by atoms with Gasteiger partial charge in [-0.15, -0.1) is 0 Å². The van der Waals surface area contributed by atoms with Crippen LogP contribution in [0, 0.1) is 28.1 Å². The van der Waals surface area contributed by atoms with E-state index in [2.05, 4.69) is 25.7 Å². The minimum Gasteiger partial charge on any atom is -0.385 e. The highest BCUT2D eigenvalue weighted by atomic mass is 16.3. The maximum absolute atomic E-state index is 13.5. The van der Waals surface area contributed by atoms with Gasteiger partial charge in [0.2, 0.25) is 5.91 Å². The lowest BCUT2D eigenvalue weighted by Crippen LogP contribution is -2.61. The van der Waals surface area contributed by atoms with Crippen molar-refractivity contribution in [3.63, 3.8) is 0 Å². The van der Waals surface area contributed by atoms with Crippen LogP contribution in [0.25, 0.3) is 0 Å². The second-order valence-electron chi connectivity index (χ2n) is 11.3. The number of nitrogens with one attached hydrogen (secondary N) is 1. The molecule has 4 heteroatoms. The van der Waals surface area contributed by atoms with Crippen molar-refractivity contribution in [2.24, 2.45) is 28.1 Å². The predicted octanol–water partition coefficient (Wildman–Crippen LogP) is 4.57. The third kappa shape index (κ3) is 2.76. The summed E-state index contributed by atoms with van der Waals surface area (Å²) in [5.41, 5.74) is -0.388. The zero-order valence-corrected chi connectivity index (χ0v) is 18.9. The number of benzene rings is 1. The van der Waals surface area contributed by atoms with E-state index in [4.69, 9.17) is 0 Å². The monoisotopic (exact) mass is 421 g/mol. The molecule has 0 radical (unpaired) electrons. The number of Topliss-reactive ketones (excluding diaryl/α,β-unsaturated/α-hetero) is 1. The topological polar surface area (TPSA) is 66.4 Å². The molecule has 0 saturated heterocycles. The Morgan fingerprint density at radius 3 is 2.55 bits per heavy atom. The molecule has 2 N–H and O–H groups in total. The Hall–Kier alpha value is -1.94. The summed E-state index contributed by atoms with van der Waals surface area (Å²) in [6.45, 7) is 9.05. The van der Waals surface area contributed by atoms with Crippen molar-refractivity contribution in [1.82, 2.24) is 5.32 Å². The molecule has 4 aliphatic rings. The third-order valence-corrected chi connectivity index (χ3v) is 9.88. The number of aliphatic hydroxyl groups is 1. The van der Waals surface area contributed by atoms with Crippen LogP contribution in [0.1, 0.15) is 70.8 Å². The van der Waals surface area contributed by atoms with E-state index in [1.165, 1.54) is 0 Å². The first-order valence-electron chi connectivity index (χ1n) is 11.9. The first kappa shape index (κ1) is 20.9. The highest BCUT2D eigenvalue weighted by Crippen LogP contribution is 2.71. The first-order valence-corrected chi connectivity index (χ1v) is 11.9. The van der Waals surface area contributed by atoms with Crippen LogP contribution >= 0.6 is 0 Å². The molecule has 4 fully saturated rings. The quantitative estimate of drug-likeness (QED) is 0.703. The molecule has 0 heterocycles. The van der Waals surface area contributed by atoms with Crippen LogP contribution in [0.15, 0.2) is 42.5 Å². The van der Waals surface area contributed by atoms with Crippen molar-refractivity contribution in [1.29, 1.82) is 0 Å². The zero-order valence-electron chi connectivity index (χ0n) is 18.9. The minimum absolute atomic E-state index is 0.0586. The SMILES string of the molecule is C=C1C(=O)[C@@]23CCC4[C@](C)(C(=O)NCc5ccccc5)CCC[C@@]4(C)[C@@H]2CC[C@@]1(O)C3. The Morgan fingerprint density at radius 2 is 1.81 bits per heavy atom. The van der Waals surface area contributed by atoms with E-state index in [1.807, 2.05) is 30.3 Å². The molecular formula is C27H35NO3. The summed E-state index contributed by atoms with van der Waals surface area (Å²) in [5, 5.41) is 14.3. The van der Waals surface area contributed by atoms with E-state index >= 15 is 0 Å². The zero-order chi connectivity index (χ0) is 22.1. The number of hydrogen-bond donors (Lipinski definition) is 2. The molecule has 0 aliphatic heterocycles. The van der Waals surface area contributed by atoms with E-state index in [0.29, 0.717) is 25.0 Å². The molecule has 4 nitrogen and oxygen atoms in total. The van der Waals surface area contributed by atoms with Crippen LogP contribution in [0.4, 0.5) is 0 Å². The molecule has 6 atom stereocenters. The van der Waals surface area contributed by atoms with Crippen LogP contribution in [-0.2, 0) is 16.1 Å². The minimum atomic E-state index is -0.998. The van der Waals surface area contributed by atoms with Gasteiger partial charge in [0, 0.05) is 22.9 Å². The van der Waals surface area contributed by atoms with Gasteiger partial charge < -0.3 is 10.4 Å². The number of rotatable bonds is 3. The first-order chi connectivity index (χ1) is 14.7. The van der Waals surface area contributed by atoms with Gasteiger partial charge in [0.15, 0.2) is 5.78 Å². The lowest BCUT2D eigenvalue weighted by molar-refractivity contribution is -0.178. The largest absolute Gasteiger partial charge is 0.385 e. The highest BCUT2D eigenvalue weighted by molar-refractivity contribution is 6.04. The summed E-state index contributed by atoms with van der Waals surface area (Å²) in [6.07, 6.45) is 6.65. The fourth-order valence-corrected chi connectivity index (χ4v) is 8.37. The van der Waals surface area contributed by atoms with E-state index in [1.54, 1.807) is 0 Å². The molecule has 2 bridgehead atoms. The average Bonchev–Trinajstić information content (AvgIpc) is 2.89. The van der Waals surface area contributed by atoms with Gasteiger partial charge in [-0.05, 0) is 67.8 Å². The summed E-state index contributed by atoms with van der Waals surface area (Å²) >= 11 is 0. The Kier molecular flexibility index (Phi) is 4.58. The van der Waals surface area contributed by atoms with E-state index < -0.39 is 16.4 Å². The summed E-state index contributed by atoms with van der Waals surface area (Å²) < 4.78 is 0. The molecule has 166 valence electrons. The molecule has 1 aromatic rings. The molecule has 1 amide bonds. The lowest BCUT2D eigenvalue weighted by atomic mass is 9.40. The summed E-state index contributed by atoms with van der Waals surface area (Å²) in [5.74, 6) is 0.746. The molecule has 0 aromatic heterocycles. The number of carbonyl (C=O) groups excluding carboxylic acids is 2. The average molecular weight is 422 g/mol. The van der Waals surface area contributed by atoms with Gasteiger partial charge >= 0.3 is 0 Å². The van der Waals surface area contributed by atoms with Gasteiger partial charge in [-0.2, -0.15) is 0 Å². The van der Waals surface area contributed by atoms with E-state index in [9.17, 15) is 14.7 Å². The fraction of sp³-hybridized carbons (Fsp3) is 0.630. The number of amides is 1. The maximum Gasteiger partial charge on any atom is 0.226 e. The van der Waals surface area contributed by atoms with Crippen molar-refractivity contribution < 1.29 is 14.7 Å². The van der Waals surface area contributed by atoms with Crippen LogP contribution in [0.3, 0.4) is 0 Å². The van der Waals surface area contributed by atoms with Crippen molar-refractivity contribution in [3.8, 4) is 0 Å². The summed E-state index contributed by atoms with van der Waals surface area (Å²) in [4.78, 5) is 26.9.